The largest absolute Gasteiger partial charge is 0.494 e. The van der Waals surface area contributed by atoms with Gasteiger partial charge in [-0.3, -0.25) is 23.5 Å². The molecule has 0 aliphatic heterocycles. The van der Waals surface area contributed by atoms with E-state index in [1.54, 1.807) is 36.4 Å². The number of hydrogen-bond donors (Lipinski definition) is 1. The smallest absolute Gasteiger partial charge is 0.320 e. The number of aromatic nitrogens is 2. The molecule has 8 nitrogen and oxygen atoms in total. The van der Waals surface area contributed by atoms with E-state index in [0.717, 1.165) is 4.57 Å². The molecule has 1 aromatic carbocycles. The lowest BCUT2D eigenvalue weighted by atomic mass is 10.3. The topological polar surface area (TPSA) is 95.5 Å². The second-order valence-electron chi connectivity index (χ2n) is 5.69. The van der Waals surface area contributed by atoms with Crippen LogP contribution in [-0.4, -0.2) is 21.6 Å². The molecule has 3 aromatic rings. The second-order valence-corrected chi connectivity index (χ2v) is 5.69. The molecule has 3 rings (SSSR count). The van der Waals surface area contributed by atoms with Gasteiger partial charge in [0.25, 0.3) is 0 Å². The third-order valence-corrected chi connectivity index (χ3v) is 3.84. The number of hydrogen-bond acceptors (Lipinski definition) is 5. The Morgan fingerprint density at radius 1 is 1.11 bits per heavy atom. The Kier molecular flexibility index (Phi) is 5.55. The van der Waals surface area contributed by atoms with Crippen molar-refractivity contribution in [2.45, 2.75) is 20.0 Å². The van der Waals surface area contributed by atoms with Gasteiger partial charge >= 0.3 is 11.1 Å². The molecule has 0 saturated heterocycles. The van der Waals surface area contributed by atoms with Crippen LogP contribution in [0.2, 0.25) is 0 Å². The molecule has 8 heteroatoms. The zero-order valence-corrected chi connectivity index (χ0v) is 14.8. The number of carbonyl (C=O) groups excluding carboxylic acids is 1. The fraction of sp³-hybridized carbons (Fsp3) is 0.211. The standard InChI is InChI=1S/C19H19N3O5/c1-2-26-15-7-5-14(6-8-15)22-10-9-21(18(24)19(22)25)13-17(23)20-12-16-4-3-11-27-16/h3-11H,2,12-13H2,1H3,(H,20,23). The Balaban J connectivity index is 1.73. The average molecular weight is 369 g/mol. The first-order valence-electron chi connectivity index (χ1n) is 8.43. The van der Waals surface area contributed by atoms with E-state index in [1.807, 2.05) is 6.92 Å². The van der Waals surface area contributed by atoms with Gasteiger partial charge in [0.1, 0.15) is 18.1 Å². The van der Waals surface area contributed by atoms with Crippen LogP contribution in [-0.2, 0) is 17.9 Å². The Morgan fingerprint density at radius 3 is 2.56 bits per heavy atom. The molecule has 0 atom stereocenters. The molecule has 0 saturated carbocycles. The predicted octanol–water partition coefficient (Wildman–Crippen LogP) is 1.31. The van der Waals surface area contributed by atoms with Crippen molar-refractivity contribution in [2.24, 2.45) is 0 Å². The predicted molar refractivity (Wildman–Crippen MR) is 98.0 cm³/mol. The summed E-state index contributed by atoms with van der Waals surface area (Å²) >= 11 is 0. The van der Waals surface area contributed by atoms with Crippen molar-refractivity contribution in [3.8, 4) is 11.4 Å². The van der Waals surface area contributed by atoms with Crippen LogP contribution in [0.5, 0.6) is 5.75 Å². The van der Waals surface area contributed by atoms with Gasteiger partial charge in [-0.15, -0.1) is 0 Å². The van der Waals surface area contributed by atoms with E-state index >= 15 is 0 Å². The highest BCUT2D eigenvalue weighted by atomic mass is 16.5. The van der Waals surface area contributed by atoms with Gasteiger partial charge in [-0.25, -0.2) is 0 Å². The maximum atomic E-state index is 12.4. The van der Waals surface area contributed by atoms with Crippen LogP contribution in [0.25, 0.3) is 5.69 Å². The number of rotatable bonds is 7. The second kappa shape index (κ2) is 8.22. The lowest BCUT2D eigenvalue weighted by molar-refractivity contribution is -0.122. The van der Waals surface area contributed by atoms with Crippen LogP contribution in [0.4, 0.5) is 0 Å². The minimum atomic E-state index is -0.778. The summed E-state index contributed by atoms with van der Waals surface area (Å²) in [6, 6.07) is 10.3. The lowest BCUT2D eigenvalue weighted by Gasteiger charge is -2.10. The Hall–Kier alpha value is -3.55. The average Bonchev–Trinajstić information content (AvgIpc) is 3.19. The molecule has 0 radical (unpaired) electrons. The summed E-state index contributed by atoms with van der Waals surface area (Å²) in [5.41, 5.74) is -0.977. The molecule has 27 heavy (non-hydrogen) atoms. The maximum Gasteiger partial charge on any atom is 0.320 e. The van der Waals surface area contributed by atoms with E-state index < -0.39 is 17.0 Å². The van der Waals surface area contributed by atoms with Gasteiger partial charge in [0.05, 0.1) is 19.4 Å². The summed E-state index contributed by atoms with van der Waals surface area (Å²) in [6.07, 6.45) is 4.37. The molecular weight excluding hydrogens is 350 g/mol. The summed E-state index contributed by atoms with van der Waals surface area (Å²) in [5.74, 6) is 0.879. The van der Waals surface area contributed by atoms with E-state index in [9.17, 15) is 14.4 Å². The Morgan fingerprint density at radius 2 is 1.89 bits per heavy atom. The van der Waals surface area contributed by atoms with Crippen molar-refractivity contribution < 1.29 is 13.9 Å². The Bertz CT molecular complexity index is 1020. The quantitative estimate of drug-likeness (QED) is 0.634. The highest BCUT2D eigenvalue weighted by Gasteiger charge is 2.10. The highest BCUT2D eigenvalue weighted by Crippen LogP contribution is 2.13. The molecule has 0 unspecified atom stereocenters. The number of nitrogens with one attached hydrogen (secondary N) is 1. The van der Waals surface area contributed by atoms with Crippen LogP contribution >= 0.6 is 0 Å². The number of nitrogens with zero attached hydrogens (tertiary/aromatic N) is 2. The number of carbonyl (C=O) groups is 1. The summed E-state index contributed by atoms with van der Waals surface area (Å²) in [4.78, 5) is 36.7. The molecular formula is C19H19N3O5. The van der Waals surface area contributed by atoms with Crippen LogP contribution in [0, 0.1) is 0 Å². The lowest BCUT2D eigenvalue weighted by Crippen LogP contribution is -2.42. The van der Waals surface area contributed by atoms with E-state index in [2.05, 4.69) is 5.32 Å². The monoisotopic (exact) mass is 369 g/mol. The third-order valence-electron chi connectivity index (χ3n) is 3.84. The van der Waals surface area contributed by atoms with Gasteiger partial charge < -0.3 is 14.5 Å². The van der Waals surface area contributed by atoms with Crippen LogP contribution in [0.1, 0.15) is 12.7 Å². The van der Waals surface area contributed by atoms with Gasteiger partial charge in [0.2, 0.25) is 5.91 Å². The zero-order chi connectivity index (χ0) is 19.2. The van der Waals surface area contributed by atoms with Gasteiger partial charge in [-0.1, -0.05) is 0 Å². The van der Waals surface area contributed by atoms with Crippen LogP contribution in [0.15, 0.2) is 69.1 Å². The SMILES string of the molecule is CCOc1ccc(-n2ccn(CC(=O)NCc3ccco3)c(=O)c2=O)cc1. The highest BCUT2D eigenvalue weighted by molar-refractivity contribution is 5.75. The summed E-state index contributed by atoms with van der Waals surface area (Å²) in [7, 11) is 0. The normalized spacial score (nSPS) is 10.6. The summed E-state index contributed by atoms with van der Waals surface area (Å²) in [5, 5.41) is 2.63. The molecule has 1 amide bonds. The van der Waals surface area contributed by atoms with Crippen molar-refractivity contribution in [1.29, 1.82) is 0 Å². The number of amides is 1. The molecule has 1 N–H and O–H groups in total. The minimum absolute atomic E-state index is 0.212. The first kappa shape index (κ1) is 18.2. The first-order valence-corrected chi connectivity index (χ1v) is 8.43. The van der Waals surface area contributed by atoms with Crippen LogP contribution < -0.4 is 21.2 Å². The van der Waals surface area contributed by atoms with Crippen molar-refractivity contribution in [1.82, 2.24) is 14.5 Å². The van der Waals surface area contributed by atoms with E-state index in [-0.39, 0.29) is 13.1 Å². The Labute approximate surface area is 154 Å². The van der Waals surface area contributed by atoms with Crippen molar-refractivity contribution in [3.05, 3.63) is 81.5 Å². The molecule has 2 heterocycles. The minimum Gasteiger partial charge on any atom is -0.494 e. The van der Waals surface area contributed by atoms with Crippen molar-refractivity contribution >= 4 is 5.91 Å². The van der Waals surface area contributed by atoms with Crippen molar-refractivity contribution in [3.63, 3.8) is 0 Å². The fourth-order valence-electron chi connectivity index (χ4n) is 2.52. The van der Waals surface area contributed by atoms with Gasteiger partial charge in [0.15, 0.2) is 0 Å². The molecule has 0 bridgehead atoms. The zero-order valence-electron chi connectivity index (χ0n) is 14.8. The number of ether oxygens (including phenoxy) is 1. The molecule has 0 fully saturated rings. The van der Waals surface area contributed by atoms with Crippen LogP contribution in [0.3, 0.4) is 0 Å². The van der Waals surface area contributed by atoms with E-state index in [4.69, 9.17) is 9.15 Å². The summed E-state index contributed by atoms with van der Waals surface area (Å²) in [6.45, 7) is 2.38. The molecule has 0 aliphatic carbocycles. The number of furan rings is 1. The van der Waals surface area contributed by atoms with E-state index in [0.29, 0.717) is 23.8 Å². The van der Waals surface area contributed by atoms with Crippen molar-refractivity contribution in [2.75, 3.05) is 6.61 Å². The maximum absolute atomic E-state index is 12.4. The first-order chi connectivity index (χ1) is 13.1. The fourth-order valence-corrected chi connectivity index (χ4v) is 2.52. The van der Waals surface area contributed by atoms with Gasteiger partial charge in [-0.05, 0) is 43.3 Å². The summed E-state index contributed by atoms with van der Waals surface area (Å²) < 4.78 is 12.8. The van der Waals surface area contributed by atoms with Gasteiger partial charge in [0, 0.05) is 18.1 Å². The molecule has 0 aliphatic rings. The molecule has 0 spiro atoms. The number of benzene rings is 1. The molecule has 2 aromatic heterocycles. The third kappa shape index (κ3) is 4.35. The van der Waals surface area contributed by atoms with E-state index in [1.165, 1.54) is 23.2 Å². The molecule has 140 valence electrons. The van der Waals surface area contributed by atoms with Gasteiger partial charge in [-0.2, -0.15) is 0 Å².